The summed E-state index contributed by atoms with van der Waals surface area (Å²) in [6.07, 6.45) is 5.95. The van der Waals surface area contributed by atoms with Crippen molar-refractivity contribution in [3.63, 3.8) is 0 Å². The maximum atomic E-state index is 14.0. The summed E-state index contributed by atoms with van der Waals surface area (Å²) < 4.78 is 5.40. The average molecular weight is 611 g/mol. The molecule has 0 saturated carbocycles. The van der Waals surface area contributed by atoms with Crippen LogP contribution in [0.5, 0.6) is 0 Å². The van der Waals surface area contributed by atoms with Gasteiger partial charge in [0.1, 0.15) is 10.3 Å². The summed E-state index contributed by atoms with van der Waals surface area (Å²) in [5.41, 5.74) is 3.89. The summed E-state index contributed by atoms with van der Waals surface area (Å²) in [7, 11) is 0. The molecule has 8 heteroatoms. The van der Waals surface area contributed by atoms with Crippen LogP contribution in [0.3, 0.4) is 0 Å². The van der Waals surface area contributed by atoms with Gasteiger partial charge in [-0.1, -0.05) is 73.7 Å². The average Bonchev–Trinajstić information content (AvgIpc) is 3.36. The molecule has 2 unspecified atom stereocenters. The van der Waals surface area contributed by atoms with Gasteiger partial charge in [0, 0.05) is 21.5 Å². The first-order valence-corrected chi connectivity index (χ1v) is 16.1. The molecule has 2 atom stereocenters. The van der Waals surface area contributed by atoms with E-state index in [-0.39, 0.29) is 18.4 Å². The number of carbonyl (C=O) groups is 3. The lowest BCUT2D eigenvalue weighted by Gasteiger charge is -2.19. The maximum absolute atomic E-state index is 14.0. The Balaban J connectivity index is 1.37. The van der Waals surface area contributed by atoms with Crippen molar-refractivity contribution in [1.29, 1.82) is 0 Å². The fourth-order valence-corrected chi connectivity index (χ4v) is 7.52. The lowest BCUT2D eigenvalue weighted by Crippen LogP contribution is -2.20. The molecule has 0 aliphatic heterocycles. The number of hydrogen-bond donors (Lipinski definition) is 2. The highest BCUT2D eigenvalue weighted by molar-refractivity contribution is 8.00. The van der Waals surface area contributed by atoms with Crippen LogP contribution >= 0.6 is 23.1 Å². The SMILES string of the molecule is CCOC(=O)c1c(NC(=O)C(Sc2cccc(NC(=O)/C=C/c3ccccc3)c2)c2ccccc2)sc2c1CCC(C)C2. The molecule has 1 heterocycles. The van der Waals surface area contributed by atoms with Crippen LogP contribution in [0.15, 0.2) is 95.9 Å². The Labute approximate surface area is 260 Å². The third kappa shape index (κ3) is 7.83. The van der Waals surface area contributed by atoms with E-state index in [9.17, 15) is 14.4 Å². The van der Waals surface area contributed by atoms with Crippen LogP contribution in [0.4, 0.5) is 10.7 Å². The Bertz CT molecular complexity index is 1620. The molecule has 0 saturated heterocycles. The smallest absolute Gasteiger partial charge is 0.341 e. The van der Waals surface area contributed by atoms with Crippen molar-refractivity contribution in [1.82, 2.24) is 0 Å². The first-order chi connectivity index (χ1) is 20.9. The maximum Gasteiger partial charge on any atom is 0.341 e. The lowest BCUT2D eigenvalue weighted by molar-refractivity contribution is -0.116. The van der Waals surface area contributed by atoms with Gasteiger partial charge in [0.05, 0.1) is 12.2 Å². The summed E-state index contributed by atoms with van der Waals surface area (Å²) in [4.78, 5) is 41.5. The first kappa shape index (κ1) is 30.3. The molecule has 1 aromatic heterocycles. The Hall–Kier alpha value is -4.14. The van der Waals surface area contributed by atoms with E-state index in [1.54, 1.807) is 13.0 Å². The highest BCUT2D eigenvalue weighted by atomic mass is 32.2. The number of anilines is 2. The van der Waals surface area contributed by atoms with Gasteiger partial charge in [-0.15, -0.1) is 23.1 Å². The van der Waals surface area contributed by atoms with Gasteiger partial charge in [-0.25, -0.2) is 4.79 Å². The molecule has 0 fully saturated rings. The first-order valence-electron chi connectivity index (χ1n) is 14.4. The predicted octanol–water partition coefficient (Wildman–Crippen LogP) is 8.17. The Morgan fingerprint density at radius 1 is 1.00 bits per heavy atom. The molecule has 5 rings (SSSR count). The number of esters is 1. The summed E-state index contributed by atoms with van der Waals surface area (Å²) in [5, 5.41) is 5.96. The number of rotatable bonds is 10. The predicted molar refractivity (Wildman–Crippen MR) is 176 cm³/mol. The van der Waals surface area contributed by atoms with E-state index in [0.717, 1.165) is 45.7 Å². The van der Waals surface area contributed by atoms with E-state index in [2.05, 4.69) is 17.6 Å². The highest BCUT2D eigenvalue weighted by Gasteiger charge is 2.31. The normalized spacial score (nSPS) is 15.0. The van der Waals surface area contributed by atoms with Crippen LogP contribution in [-0.4, -0.2) is 24.4 Å². The van der Waals surface area contributed by atoms with E-state index in [1.807, 2.05) is 84.9 Å². The zero-order chi connectivity index (χ0) is 30.2. The monoisotopic (exact) mass is 610 g/mol. The van der Waals surface area contributed by atoms with Crippen molar-refractivity contribution in [2.45, 2.75) is 43.3 Å². The highest BCUT2D eigenvalue weighted by Crippen LogP contribution is 2.42. The second-order valence-corrected chi connectivity index (χ2v) is 12.7. The minimum Gasteiger partial charge on any atom is -0.462 e. The fourth-order valence-electron chi connectivity index (χ4n) is 5.04. The number of thiophene rings is 1. The van der Waals surface area contributed by atoms with Crippen molar-refractivity contribution in [2.75, 3.05) is 17.2 Å². The molecule has 0 radical (unpaired) electrons. The van der Waals surface area contributed by atoms with Crippen LogP contribution in [0.1, 0.15) is 57.4 Å². The number of thioether (sulfide) groups is 1. The van der Waals surface area contributed by atoms with Gasteiger partial charge in [-0.3, -0.25) is 9.59 Å². The molecule has 0 bridgehead atoms. The van der Waals surface area contributed by atoms with Crippen molar-refractivity contribution in [2.24, 2.45) is 5.92 Å². The van der Waals surface area contributed by atoms with Crippen molar-refractivity contribution in [3.8, 4) is 0 Å². The Morgan fingerprint density at radius 3 is 2.49 bits per heavy atom. The molecular weight excluding hydrogens is 577 g/mol. The molecule has 6 nitrogen and oxygen atoms in total. The minimum atomic E-state index is -0.599. The number of hydrogen-bond acceptors (Lipinski definition) is 6. The van der Waals surface area contributed by atoms with Gasteiger partial charge in [0.25, 0.3) is 0 Å². The molecule has 220 valence electrons. The zero-order valence-electron chi connectivity index (χ0n) is 24.2. The summed E-state index contributed by atoms with van der Waals surface area (Å²) >= 11 is 2.87. The Kier molecular flexibility index (Phi) is 10.1. The fraction of sp³-hybridized carbons (Fsp3) is 0.229. The summed E-state index contributed by atoms with van der Waals surface area (Å²) in [6, 6.07) is 26.6. The van der Waals surface area contributed by atoms with Gasteiger partial charge in [-0.05, 0) is 73.1 Å². The van der Waals surface area contributed by atoms with Gasteiger partial charge in [0.2, 0.25) is 11.8 Å². The standard InChI is InChI=1S/C35H34N2O4S2/c1-3-41-35(40)31-28-19-17-23(2)21-29(28)43-34(31)37-33(39)32(25-13-8-5-9-14-25)42-27-16-10-15-26(22-27)36-30(38)20-18-24-11-6-4-7-12-24/h4-16,18,20,22-23,32H,3,17,19,21H2,1-2H3,(H,36,38)(H,37,39)/b20-18+. The second-order valence-electron chi connectivity index (χ2n) is 10.4. The van der Waals surface area contributed by atoms with Gasteiger partial charge < -0.3 is 15.4 Å². The number of ether oxygens (including phenoxy) is 1. The zero-order valence-corrected chi connectivity index (χ0v) is 25.8. The summed E-state index contributed by atoms with van der Waals surface area (Å²) in [5.74, 6) is -0.336. The largest absolute Gasteiger partial charge is 0.462 e. The van der Waals surface area contributed by atoms with Gasteiger partial charge >= 0.3 is 5.97 Å². The van der Waals surface area contributed by atoms with E-state index >= 15 is 0 Å². The lowest BCUT2D eigenvalue weighted by atomic mass is 9.88. The van der Waals surface area contributed by atoms with Crippen LogP contribution < -0.4 is 10.6 Å². The number of amides is 2. The van der Waals surface area contributed by atoms with Gasteiger partial charge in [0.15, 0.2) is 0 Å². The second kappa shape index (κ2) is 14.4. The van der Waals surface area contributed by atoms with Crippen LogP contribution in [-0.2, 0) is 27.2 Å². The molecule has 0 spiro atoms. The van der Waals surface area contributed by atoms with E-state index in [1.165, 1.54) is 29.2 Å². The molecule has 3 aromatic carbocycles. The van der Waals surface area contributed by atoms with Crippen molar-refractivity contribution >= 4 is 57.6 Å². The van der Waals surface area contributed by atoms with Crippen LogP contribution in [0.25, 0.3) is 6.08 Å². The van der Waals surface area contributed by atoms with E-state index in [0.29, 0.717) is 22.2 Å². The van der Waals surface area contributed by atoms with E-state index < -0.39 is 11.2 Å². The third-order valence-electron chi connectivity index (χ3n) is 7.15. The Morgan fingerprint density at radius 2 is 1.74 bits per heavy atom. The summed E-state index contributed by atoms with van der Waals surface area (Å²) in [6.45, 7) is 4.27. The number of benzene rings is 3. The van der Waals surface area contributed by atoms with Crippen molar-refractivity contribution in [3.05, 3.63) is 118 Å². The number of carbonyl (C=O) groups excluding carboxylic acids is 3. The van der Waals surface area contributed by atoms with E-state index in [4.69, 9.17) is 4.74 Å². The number of nitrogens with one attached hydrogen (secondary N) is 2. The molecule has 4 aromatic rings. The molecule has 2 amide bonds. The molecule has 2 N–H and O–H groups in total. The number of fused-ring (bicyclic) bond motifs is 1. The molecule has 1 aliphatic rings. The van der Waals surface area contributed by atoms with Crippen LogP contribution in [0.2, 0.25) is 0 Å². The molecular formula is C35H34N2O4S2. The van der Waals surface area contributed by atoms with Crippen molar-refractivity contribution < 1.29 is 19.1 Å². The molecule has 1 aliphatic carbocycles. The quantitative estimate of drug-likeness (QED) is 0.107. The minimum absolute atomic E-state index is 0.228. The third-order valence-corrected chi connectivity index (χ3v) is 9.57. The molecule has 43 heavy (non-hydrogen) atoms. The van der Waals surface area contributed by atoms with Gasteiger partial charge in [-0.2, -0.15) is 0 Å². The van der Waals surface area contributed by atoms with Crippen LogP contribution in [0, 0.1) is 5.92 Å². The topological polar surface area (TPSA) is 84.5 Å².